The zero-order valence-corrected chi connectivity index (χ0v) is 14.7. The van der Waals surface area contributed by atoms with Gasteiger partial charge in [-0.05, 0) is 32.7 Å². The number of hydrogen-bond donors (Lipinski definition) is 0. The van der Waals surface area contributed by atoms with Gasteiger partial charge in [0.25, 0.3) is 5.50 Å². The van der Waals surface area contributed by atoms with Crippen LogP contribution in [0.25, 0.3) is 0 Å². The molecule has 1 rings (SSSR count). The van der Waals surface area contributed by atoms with Crippen LogP contribution in [0.5, 0.6) is 0 Å². The van der Waals surface area contributed by atoms with Crippen molar-refractivity contribution >= 4 is 45.3 Å². The first-order valence-electron chi connectivity index (χ1n) is 7.51. The van der Waals surface area contributed by atoms with Crippen molar-refractivity contribution in [3.63, 3.8) is 0 Å². The fourth-order valence-electron chi connectivity index (χ4n) is 2.66. The number of alkyl halides is 6. The van der Waals surface area contributed by atoms with Crippen molar-refractivity contribution in [2.45, 2.75) is 67.9 Å². The minimum absolute atomic E-state index is 0.205. The molecule has 1 saturated heterocycles. The van der Waals surface area contributed by atoms with Gasteiger partial charge >= 0.3 is 18.4 Å². The van der Waals surface area contributed by atoms with E-state index in [1.807, 2.05) is 0 Å². The lowest BCUT2D eigenvalue weighted by molar-refractivity contribution is -0.331. The molecule has 1 amide bonds. The van der Waals surface area contributed by atoms with Gasteiger partial charge in [0.15, 0.2) is 7.85 Å². The SMILES string of the molecule is [B]C1C([B])N(C(C)(C)C)C([B])C([B])N1C(=O)OC([B])(C(F)(F)F)C(F)(F)F. The molecule has 15 heteroatoms. The number of piperazine rings is 1. The smallest absolute Gasteiger partial charge is 0.427 e. The Kier molecular flexibility index (Phi) is 6.43. The predicted molar refractivity (Wildman–Crippen MR) is 88.7 cm³/mol. The van der Waals surface area contributed by atoms with Crippen LogP contribution in [0, 0.1) is 0 Å². The second kappa shape index (κ2) is 7.19. The number of halogens is 6. The van der Waals surface area contributed by atoms with Crippen molar-refractivity contribution in [3.05, 3.63) is 0 Å². The number of carbonyl (C=O) groups excluding carboxylic acids is 1. The molecule has 0 aromatic heterocycles. The topological polar surface area (TPSA) is 32.8 Å². The Morgan fingerprint density at radius 3 is 1.41 bits per heavy atom. The van der Waals surface area contributed by atoms with Crippen molar-refractivity contribution in [2.24, 2.45) is 0 Å². The van der Waals surface area contributed by atoms with E-state index in [1.165, 1.54) is 4.90 Å². The molecule has 1 aliphatic heterocycles. The van der Waals surface area contributed by atoms with Gasteiger partial charge in [0, 0.05) is 17.4 Å². The fourth-order valence-corrected chi connectivity index (χ4v) is 2.66. The van der Waals surface area contributed by atoms with Gasteiger partial charge in [-0.2, -0.15) is 26.3 Å². The maximum absolute atomic E-state index is 12.8. The Morgan fingerprint density at radius 2 is 1.15 bits per heavy atom. The van der Waals surface area contributed by atoms with Crippen LogP contribution < -0.4 is 0 Å². The normalized spacial score (nSPS) is 28.9. The number of hydrogen-bond acceptors (Lipinski definition) is 3. The largest absolute Gasteiger partial charge is 0.434 e. The van der Waals surface area contributed by atoms with E-state index in [4.69, 9.17) is 31.4 Å². The molecule has 0 aromatic carbocycles. The van der Waals surface area contributed by atoms with Crippen LogP contribution in [0.15, 0.2) is 0 Å². The highest BCUT2D eigenvalue weighted by atomic mass is 19.4. The number of amides is 1. The average Bonchev–Trinajstić information content (AvgIpc) is 2.41. The van der Waals surface area contributed by atoms with Gasteiger partial charge in [-0.25, -0.2) is 4.79 Å². The maximum atomic E-state index is 12.8. The van der Waals surface area contributed by atoms with Crippen molar-refractivity contribution in [1.82, 2.24) is 9.80 Å². The molecule has 0 spiro atoms. The highest BCUT2D eigenvalue weighted by Gasteiger charge is 2.70. The summed E-state index contributed by atoms with van der Waals surface area (Å²) in [6.07, 6.45) is -14.5. The summed E-state index contributed by atoms with van der Waals surface area (Å²) in [5.41, 5.74) is -6.01. The van der Waals surface area contributed by atoms with E-state index in [-0.39, 0.29) is 4.90 Å². The molecule has 1 heterocycles. The van der Waals surface area contributed by atoms with Crippen molar-refractivity contribution in [1.29, 1.82) is 0 Å². The lowest BCUT2D eigenvalue weighted by Gasteiger charge is -2.58. The average molecular weight is 385 g/mol. The number of carbonyl (C=O) groups is 1. The Bertz CT molecular complexity index is 540. The third kappa shape index (κ3) is 4.27. The predicted octanol–water partition coefficient (Wildman–Crippen LogP) is 0.507. The first-order valence-corrected chi connectivity index (χ1v) is 7.51. The van der Waals surface area contributed by atoms with Crippen LogP contribution in [0.2, 0.25) is 0 Å². The Labute approximate surface area is 159 Å². The maximum Gasteiger partial charge on any atom is 0.427 e. The quantitative estimate of drug-likeness (QED) is 0.487. The van der Waals surface area contributed by atoms with Gasteiger partial charge in [-0.15, -0.1) is 0 Å². The minimum Gasteiger partial charge on any atom is -0.434 e. The highest BCUT2D eigenvalue weighted by molar-refractivity contribution is 6.27. The number of nitrogens with zero attached hydrogens (tertiary/aromatic N) is 2. The Balaban J connectivity index is 3.24. The minimum atomic E-state index is -6.16. The first kappa shape index (κ1) is 24.2. The number of ether oxygens (including phenoxy) is 1. The van der Waals surface area contributed by atoms with Crippen LogP contribution in [-0.2, 0) is 4.74 Å². The molecular formula is C12H13B5F6N2O2. The monoisotopic (exact) mass is 386 g/mol. The van der Waals surface area contributed by atoms with Crippen LogP contribution in [-0.4, -0.2) is 102 Å². The molecule has 4 unspecified atom stereocenters. The van der Waals surface area contributed by atoms with Gasteiger partial charge in [0.2, 0.25) is 0 Å². The molecule has 4 nitrogen and oxygen atoms in total. The molecule has 140 valence electrons. The summed E-state index contributed by atoms with van der Waals surface area (Å²) in [6, 6.07) is 0. The Morgan fingerprint density at radius 1 is 0.815 bits per heavy atom. The summed E-state index contributed by atoms with van der Waals surface area (Å²) in [4.78, 5) is 13.7. The molecule has 0 N–H and O–H groups in total. The van der Waals surface area contributed by atoms with E-state index in [2.05, 4.69) is 12.6 Å². The van der Waals surface area contributed by atoms with E-state index in [9.17, 15) is 31.1 Å². The fraction of sp³-hybridized carbons (Fsp3) is 0.917. The van der Waals surface area contributed by atoms with E-state index in [1.54, 1.807) is 20.8 Å². The van der Waals surface area contributed by atoms with Gasteiger partial charge < -0.3 is 14.5 Å². The molecule has 0 bridgehead atoms. The van der Waals surface area contributed by atoms with E-state index >= 15 is 0 Å². The zero-order valence-electron chi connectivity index (χ0n) is 14.7. The van der Waals surface area contributed by atoms with Crippen LogP contribution >= 0.6 is 0 Å². The first-order chi connectivity index (χ1) is 11.8. The van der Waals surface area contributed by atoms with Crippen molar-refractivity contribution in [2.75, 3.05) is 0 Å². The van der Waals surface area contributed by atoms with Crippen molar-refractivity contribution in [3.8, 4) is 0 Å². The van der Waals surface area contributed by atoms with Gasteiger partial charge in [0.05, 0.1) is 15.7 Å². The standard InChI is InChI=1S/C12H13B5F6N2O2/c1-9(2,3)25-6(15)4(13)24(5(14)7(25)16)8(26)27-10(17,11(18,19)20)12(21,22)23/h4-7H,1-3H3. The summed E-state index contributed by atoms with van der Waals surface area (Å²) < 4.78 is 80.6. The number of rotatable bonds is 1. The van der Waals surface area contributed by atoms with E-state index < -0.39 is 53.2 Å². The molecule has 1 fully saturated rings. The lowest BCUT2D eigenvalue weighted by atomic mass is 9.63. The molecule has 27 heavy (non-hydrogen) atoms. The molecule has 1 aliphatic rings. The van der Waals surface area contributed by atoms with E-state index in [0.29, 0.717) is 0 Å². The second-order valence-electron chi connectivity index (χ2n) is 7.05. The van der Waals surface area contributed by atoms with E-state index in [0.717, 1.165) is 0 Å². The molecule has 0 aromatic rings. The molecular weight excluding hydrogens is 372 g/mol. The highest BCUT2D eigenvalue weighted by Crippen LogP contribution is 2.44. The second-order valence-corrected chi connectivity index (χ2v) is 7.05. The van der Waals surface area contributed by atoms with Gasteiger partial charge in [-0.1, -0.05) is 0 Å². The molecule has 0 aliphatic carbocycles. The summed E-state index contributed by atoms with van der Waals surface area (Å²) >= 11 is 0. The summed E-state index contributed by atoms with van der Waals surface area (Å²) in [5.74, 6) is -5.79. The third-order valence-corrected chi connectivity index (χ3v) is 4.06. The molecule has 0 saturated carbocycles. The van der Waals surface area contributed by atoms with Gasteiger partial charge in [0.1, 0.15) is 15.7 Å². The van der Waals surface area contributed by atoms with Crippen molar-refractivity contribution < 1.29 is 35.9 Å². The zero-order chi connectivity index (χ0) is 21.7. The third-order valence-electron chi connectivity index (χ3n) is 4.06. The lowest BCUT2D eigenvalue weighted by Crippen LogP contribution is -2.74. The van der Waals surface area contributed by atoms with Crippen LogP contribution in [0.3, 0.4) is 0 Å². The summed E-state index contributed by atoms with van der Waals surface area (Å²) in [6.45, 7) is 5.00. The molecule has 4 atom stereocenters. The summed E-state index contributed by atoms with van der Waals surface area (Å²) in [5, 5.41) is 0. The summed E-state index contributed by atoms with van der Waals surface area (Å²) in [7, 11) is 27.5. The van der Waals surface area contributed by atoms with Crippen LogP contribution in [0.4, 0.5) is 31.1 Å². The van der Waals surface area contributed by atoms with Gasteiger partial charge in [-0.3, -0.25) is 0 Å². The van der Waals surface area contributed by atoms with Crippen LogP contribution in [0.1, 0.15) is 20.8 Å². The Hall–Kier alpha value is -0.865. The molecule has 10 radical (unpaired) electrons.